The van der Waals surface area contributed by atoms with Crippen molar-refractivity contribution in [1.82, 2.24) is 14.9 Å². The van der Waals surface area contributed by atoms with Crippen LogP contribution < -0.4 is 5.32 Å². The molecule has 2 aliphatic rings. The van der Waals surface area contributed by atoms with E-state index in [0.29, 0.717) is 5.92 Å². The summed E-state index contributed by atoms with van der Waals surface area (Å²) >= 11 is 1.59. The molecule has 3 nitrogen and oxygen atoms in total. The number of hydrogen-bond acceptors (Lipinski definition) is 4. The van der Waals surface area contributed by atoms with E-state index in [-0.39, 0.29) is 0 Å². The van der Waals surface area contributed by atoms with Crippen LogP contribution in [0, 0.1) is 0 Å². The van der Waals surface area contributed by atoms with Gasteiger partial charge in [-0.3, -0.25) is 0 Å². The van der Waals surface area contributed by atoms with E-state index in [2.05, 4.69) is 14.9 Å². The van der Waals surface area contributed by atoms with Crippen molar-refractivity contribution in [2.45, 2.75) is 63.5 Å². The summed E-state index contributed by atoms with van der Waals surface area (Å²) in [6, 6.07) is 0.779. The Labute approximate surface area is 101 Å². The lowest BCUT2D eigenvalue weighted by Gasteiger charge is -2.20. The Hall–Kier alpha value is -0.480. The van der Waals surface area contributed by atoms with Crippen molar-refractivity contribution in [2.24, 2.45) is 0 Å². The lowest BCUT2D eigenvalue weighted by atomic mass is 9.86. The Bertz CT molecular complexity index is 340. The average Bonchev–Trinajstić information content (AvgIpc) is 3.05. The second-order valence-electron chi connectivity index (χ2n) is 5.07. The van der Waals surface area contributed by atoms with Crippen LogP contribution in [0.1, 0.15) is 61.4 Å². The normalized spacial score (nSPS) is 22.5. The molecule has 0 aromatic carbocycles. The predicted molar refractivity (Wildman–Crippen MR) is 65.6 cm³/mol. The first-order chi connectivity index (χ1) is 7.93. The second-order valence-corrected chi connectivity index (χ2v) is 5.91. The molecule has 88 valence electrons. The molecule has 3 rings (SSSR count). The minimum atomic E-state index is 0.698. The molecule has 0 saturated heterocycles. The van der Waals surface area contributed by atoms with E-state index in [1.54, 1.807) is 11.5 Å². The van der Waals surface area contributed by atoms with Gasteiger partial charge < -0.3 is 5.32 Å². The van der Waals surface area contributed by atoms with Gasteiger partial charge in [0, 0.05) is 18.5 Å². The lowest BCUT2D eigenvalue weighted by molar-refractivity contribution is 0.433. The highest BCUT2D eigenvalue weighted by atomic mass is 32.1. The first-order valence-corrected chi connectivity index (χ1v) is 7.25. The molecule has 2 aliphatic carbocycles. The van der Waals surface area contributed by atoms with Gasteiger partial charge in [0.25, 0.3) is 0 Å². The van der Waals surface area contributed by atoms with Gasteiger partial charge >= 0.3 is 0 Å². The van der Waals surface area contributed by atoms with E-state index in [1.807, 2.05) is 0 Å². The summed E-state index contributed by atoms with van der Waals surface area (Å²) < 4.78 is 4.15. The van der Waals surface area contributed by atoms with Crippen LogP contribution in [-0.2, 0) is 6.54 Å². The monoisotopic (exact) mass is 237 g/mol. The third-order valence-electron chi connectivity index (χ3n) is 3.71. The Morgan fingerprint density at radius 3 is 2.69 bits per heavy atom. The van der Waals surface area contributed by atoms with Gasteiger partial charge in [0.2, 0.25) is 0 Å². The molecule has 0 bridgehead atoms. The van der Waals surface area contributed by atoms with Crippen molar-refractivity contribution in [3.63, 3.8) is 0 Å². The first-order valence-electron chi connectivity index (χ1n) is 6.48. The van der Waals surface area contributed by atoms with Crippen molar-refractivity contribution < 1.29 is 0 Å². The van der Waals surface area contributed by atoms with Crippen LogP contribution in [0.3, 0.4) is 0 Å². The molecule has 4 heteroatoms. The molecular formula is C12H19N3S. The quantitative estimate of drug-likeness (QED) is 0.875. The fraction of sp³-hybridized carbons (Fsp3) is 0.833. The minimum Gasteiger partial charge on any atom is -0.309 e. The maximum absolute atomic E-state index is 4.37. The number of nitrogens with zero attached hydrogens (tertiary/aromatic N) is 2. The van der Waals surface area contributed by atoms with Crippen molar-refractivity contribution in [3.8, 4) is 0 Å². The topological polar surface area (TPSA) is 37.8 Å². The summed E-state index contributed by atoms with van der Waals surface area (Å²) in [7, 11) is 0. The van der Waals surface area contributed by atoms with Crippen LogP contribution >= 0.6 is 11.5 Å². The molecule has 2 fully saturated rings. The maximum atomic E-state index is 4.37. The van der Waals surface area contributed by atoms with Gasteiger partial charge in [0.1, 0.15) is 0 Å². The highest BCUT2D eigenvalue weighted by Gasteiger charge is 2.24. The standard InChI is InChI=1S/C12H19N3S/c1-2-4-9(5-3-1)12-11(16-15-14-12)8-13-10-6-7-10/h9-10,13H,1-8H2. The van der Waals surface area contributed by atoms with Gasteiger partial charge in [-0.25, -0.2) is 0 Å². The molecule has 16 heavy (non-hydrogen) atoms. The molecule has 0 unspecified atom stereocenters. The molecule has 1 heterocycles. The van der Waals surface area contributed by atoms with E-state index in [0.717, 1.165) is 12.6 Å². The van der Waals surface area contributed by atoms with E-state index in [4.69, 9.17) is 0 Å². The zero-order chi connectivity index (χ0) is 10.8. The number of nitrogens with one attached hydrogen (secondary N) is 1. The molecular weight excluding hydrogens is 218 g/mol. The molecule has 1 N–H and O–H groups in total. The molecule has 0 radical (unpaired) electrons. The summed E-state index contributed by atoms with van der Waals surface area (Å²) in [6.45, 7) is 0.994. The fourth-order valence-corrected chi connectivity index (χ4v) is 3.23. The van der Waals surface area contributed by atoms with E-state index in [9.17, 15) is 0 Å². The zero-order valence-electron chi connectivity index (χ0n) is 9.61. The van der Waals surface area contributed by atoms with Crippen LogP contribution in [0.15, 0.2) is 0 Å². The Morgan fingerprint density at radius 1 is 1.12 bits per heavy atom. The Balaban J connectivity index is 1.65. The summed E-state index contributed by atoms with van der Waals surface area (Å²) in [6.07, 6.45) is 9.50. The molecule has 1 aromatic rings. The van der Waals surface area contributed by atoms with Crippen LogP contribution in [0.4, 0.5) is 0 Å². The van der Waals surface area contributed by atoms with Crippen molar-refractivity contribution in [2.75, 3.05) is 0 Å². The van der Waals surface area contributed by atoms with Gasteiger partial charge in [-0.2, -0.15) is 0 Å². The van der Waals surface area contributed by atoms with Crippen molar-refractivity contribution in [1.29, 1.82) is 0 Å². The van der Waals surface area contributed by atoms with Crippen molar-refractivity contribution >= 4 is 11.5 Å². The van der Waals surface area contributed by atoms with Gasteiger partial charge in [0.15, 0.2) is 0 Å². The highest BCUT2D eigenvalue weighted by molar-refractivity contribution is 7.05. The van der Waals surface area contributed by atoms with E-state index < -0.39 is 0 Å². The average molecular weight is 237 g/mol. The predicted octanol–water partition coefficient (Wildman–Crippen LogP) is 2.84. The Morgan fingerprint density at radius 2 is 1.94 bits per heavy atom. The van der Waals surface area contributed by atoms with Gasteiger partial charge in [0.05, 0.1) is 10.6 Å². The lowest BCUT2D eigenvalue weighted by Crippen LogP contribution is -2.16. The summed E-state index contributed by atoms with van der Waals surface area (Å²) in [5.74, 6) is 0.698. The van der Waals surface area contributed by atoms with Crippen molar-refractivity contribution in [3.05, 3.63) is 10.6 Å². The largest absolute Gasteiger partial charge is 0.309 e. The minimum absolute atomic E-state index is 0.698. The Kier molecular flexibility index (Phi) is 3.20. The van der Waals surface area contributed by atoms with Crippen LogP contribution in [-0.4, -0.2) is 15.6 Å². The number of aromatic nitrogens is 2. The number of rotatable bonds is 4. The van der Waals surface area contributed by atoms with Gasteiger partial charge in [-0.15, -0.1) is 5.10 Å². The van der Waals surface area contributed by atoms with Crippen LogP contribution in [0.25, 0.3) is 0 Å². The van der Waals surface area contributed by atoms with Crippen LogP contribution in [0.2, 0.25) is 0 Å². The molecule has 0 spiro atoms. The van der Waals surface area contributed by atoms with E-state index in [1.165, 1.54) is 55.5 Å². The maximum Gasteiger partial charge on any atom is 0.0831 e. The molecule has 0 atom stereocenters. The molecule has 0 aliphatic heterocycles. The third kappa shape index (κ3) is 2.43. The molecule has 1 aromatic heterocycles. The highest BCUT2D eigenvalue weighted by Crippen LogP contribution is 2.34. The smallest absolute Gasteiger partial charge is 0.0831 e. The van der Waals surface area contributed by atoms with Gasteiger partial charge in [-0.1, -0.05) is 23.8 Å². The summed E-state index contributed by atoms with van der Waals surface area (Å²) in [4.78, 5) is 1.39. The van der Waals surface area contributed by atoms with Gasteiger partial charge in [-0.05, 0) is 37.2 Å². The first kappa shape index (κ1) is 10.7. The number of hydrogen-bond donors (Lipinski definition) is 1. The SMILES string of the molecule is C1CCC(c2nnsc2CNC2CC2)CC1. The third-order valence-corrected chi connectivity index (χ3v) is 4.44. The summed E-state index contributed by atoms with van der Waals surface area (Å²) in [5, 5.41) is 7.94. The van der Waals surface area contributed by atoms with Crippen LogP contribution in [0.5, 0.6) is 0 Å². The molecule has 0 amide bonds. The zero-order valence-corrected chi connectivity index (χ0v) is 10.4. The second kappa shape index (κ2) is 4.80. The fourth-order valence-electron chi connectivity index (χ4n) is 2.55. The van der Waals surface area contributed by atoms with E-state index >= 15 is 0 Å². The summed E-state index contributed by atoms with van der Waals surface area (Å²) in [5.41, 5.74) is 1.30. The molecule has 2 saturated carbocycles.